The summed E-state index contributed by atoms with van der Waals surface area (Å²) in [4.78, 5) is 0. The maximum Gasteiger partial charge on any atom is 0.591 e. The summed E-state index contributed by atoms with van der Waals surface area (Å²) in [6, 6.07) is 7.66. The smallest absolute Gasteiger partial charge is 0.523 e. The highest BCUT2D eigenvalue weighted by Crippen LogP contribution is 2.36. The lowest BCUT2D eigenvalue weighted by atomic mass is 9.86. The van der Waals surface area contributed by atoms with E-state index in [1.54, 1.807) is 0 Å². The molecule has 4 rings (SSSR count). The maximum atomic E-state index is 5.54. The van der Waals surface area contributed by atoms with Gasteiger partial charge in [-0.25, -0.2) is 0 Å². The molecule has 160 valence electrons. The van der Waals surface area contributed by atoms with E-state index < -0.39 is 0 Å². The van der Waals surface area contributed by atoms with Crippen LogP contribution in [0.2, 0.25) is 20.5 Å². The Labute approximate surface area is 177 Å². The summed E-state index contributed by atoms with van der Waals surface area (Å²) in [7, 11) is -0.194. The lowest BCUT2D eigenvalue weighted by molar-refractivity contribution is 0.00578. The van der Waals surface area contributed by atoms with Gasteiger partial charge in [-0.1, -0.05) is 26.0 Å². The van der Waals surface area contributed by atoms with Gasteiger partial charge in [0.15, 0.2) is 0 Å². The van der Waals surface area contributed by atoms with Crippen LogP contribution in [0.4, 0.5) is 0 Å². The molecule has 0 amide bonds. The standard InChI is InChI=1S/C7H7BO2.C7H15BO2.C6H13BO2/c1-8-9-6-4-2-3-5-7(6)10-8;1-6(2)7(3,4)10-8(5)9-6;1-6(2)4-8-7(3)9-5-6/h2-5H,1H3;1-5H3;4-5H2,1-3H3. The van der Waals surface area contributed by atoms with Gasteiger partial charge in [0.2, 0.25) is 0 Å². The molecule has 0 atom stereocenters. The van der Waals surface area contributed by atoms with Crippen LogP contribution in [0, 0.1) is 5.41 Å². The Kier molecular flexibility index (Phi) is 7.77. The van der Waals surface area contributed by atoms with Gasteiger partial charge < -0.3 is 27.9 Å². The Balaban J connectivity index is 0.000000156. The second kappa shape index (κ2) is 9.33. The van der Waals surface area contributed by atoms with Crippen LogP contribution in [0.1, 0.15) is 41.5 Å². The second-order valence-electron chi connectivity index (χ2n) is 9.43. The molecule has 3 aliphatic rings. The monoisotopic (exact) mass is 404 g/mol. The number of para-hydroxylation sites is 2. The molecule has 1 aromatic carbocycles. The van der Waals surface area contributed by atoms with Crippen molar-refractivity contribution in [3.8, 4) is 11.5 Å². The maximum absolute atomic E-state index is 5.54. The second-order valence-corrected chi connectivity index (χ2v) is 9.43. The van der Waals surface area contributed by atoms with Crippen LogP contribution >= 0.6 is 0 Å². The summed E-state index contributed by atoms with van der Waals surface area (Å²) >= 11 is 0. The van der Waals surface area contributed by atoms with Crippen molar-refractivity contribution in [2.75, 3.05) is 13.2 Å². The lowest BCUT2D eigenvalue weighted by Crippen LogP contribution is -2.41. The average molecular weight is 404 g/mol. The molecule has 0 bridgehead atoms. The first-order chi connectivity index (χ1) is 13.3. The van der Waals surface area contributed by atoms with Crippen LogP contribution < -0.4 is 9.31 Å². The van der Waals surface area contributed by atoms with Crippen molar-refractivity contribution >= 4 is 21.4 Å². The summed E-state index contributed by atoms with van der Waals surface area (Å²) < 4.78 is 32.2. The van der Waals surface area contributed by atoms with Gasteiger partial charge in [-0.05, 0) is 60.3 Å². The number of benzene rings is 1. The molecule has 2 saturated heterocycles. The molecule has 3 aliphatic heterocycles. The molecule has 1 aromatic rings. The van der Waals surface area contributed by atoms with Crippen LogP contribution in [0.25, 0.3) is 0 Å². The Hall–Kier alpha value is -1.15. The average Bonchev–Trinajstić information content (AvgIpc) is 3.05. The fourth-order valence-electron chi connectivity index (χ4n) is 2.94. The minimum absolute atomic E-state index is 0.00183. The van der Waals surface area contributed by atoms with Gasteiger partial charge in [-0.15, -0.1) is 0 Å². The zero-order chi connectivity index (χ0) is 21.9. The first-order valence-electron chi connectivity index (χ1n) is 10.3. The summed E-state index contributed by atoms with van der Waals surface area (Å²) in [5, 5.41) is 0. The van der Waals surface area contributed by atoms with E-state index in [0.29, 0.717) is 0 Å². The van der Waals surface area contributed by atoms with Crippen molar-refractivity contribution in [2.45, 2.75) is 73.2 Å². The van der Waals surface area contributed by atoms with Gasteiger partial charge in [0.25, 0.3) is 0 Å². The molecular weight excluding hydrogens is 369 g/mol. The Morgan fingerprint density at radius 3 is 1.38 bits per heavy atom. The molecule has 0 unspecified atom stereocenters. The topological polar surface area (TPSA) is 55.4 Å². The van der Waals surface area contributed by atoms with E-state index in [2.05, 4.69) is 41.5 Å². The molecule has 6 nitrogen and oxygen atoms in total. The third kappa shape index (κ3) is 6.95. The first kappa shape index (κ1) is 24.1. The van der Waals surface area contributed by atoms with Crippen molar-refractivity contribution in [3.05, 3.63) is 24.3 Å². The predicted molar refractivity (Wildman–Crippen MR) is 119 cm³/mol. The van der Waals surface area contributed by atoms with Crippen molar-refractivity contribution in [1.29, 1.82) is 0 Å². The van der Waals surface area contributed by atoms with E-state index in [1.807, 2.05) is 44.7 Å². The van der Waals surface area contributed by atoms with E-state index in [-0.39, 0.29) is 38.0 Å². The first-order valence-corrected chi connectivity index (χ1v) is 10.3. The minimum Gasteiger partial charge on any atom is -0.523 e. The fourth-order valence-corrected chi connectivity index (χ4v) is 2.94. The molecular formula is C20H35B3O6. The van der Waals surface area contributed by atoms with Crippen LogP contribution in [0.15, 0.2) is 24.3 Å². The SMILES string of the molecule is CB1OC(C)(C)C(C)(C)O1.CB1OCC(C)(C)CO1.CB1Oc2ccccc2O1. The number of hydrogen-bond acceptors (Lipinski definition) is 6. The number of fused-ring (bicyclic) bond motifs is 1. The van der Waals surface area contributed by atoms with Crippen molar-refractivity contribution in [3.63, 3.8) is 0 Å². The lowest BCUT2D eigenvalue weighted by Gasteiger charge is -2.32. The Bertz CT molecular complexity index is 616. The van der Waals surface area contributed by atoms with E-state index in [1.165, 1.54) is 0 Å². The van der Waals surface area contributed by atoms with Gasteiger partial charge in [0.1, 0.15) is 11.5 Å². The third-order valence-corrected chi connectivity index (χ3v) is 5.22. The highest BCUT2D eigenvalue weighted by molar-refractivity contribution is 6.45. The van der Waals surface area contributed by atoms with E-state index in [9.17, 15) is 0 Å². The van der Waals surface area contributed by atoms with Gasteiger partial charge >= 0.3 is 21.4 Å². The molecule has 0 saturated carbocycles. The normalized spacial score (nSPS) is 23.0. The number of hydrogen-bond donors (Lipinski definition) is 0. The summed E-state index contributed by atoms with van der Waals surface area (Å²) in [5.74, 6) is 1.69. The van der Waals surface area contributed by atoms with Crippen molar-refractivity contribution in [1.82, 2.24) is 0 Å². The van der Waals surface area contributed by atoms with E-state index in [4.69, 9.17) is 27.9 Å². The van der Waals surface area contributed by atoms with Crippen molar-refractivity contribution < 1.29 is 27.9 Å². The van der Waals surface area contributed by atoms with E-state index >= 15 is 0 Å². The van der Waals surface area contributed by atoms with Crippen LogP contribution in [0.3, 0.4) is 0 Å². The minimum atomic E-state index is -0.160. The molecule has 0 aliphatic carbocycles. The van der Waals surface area contributed by atoms with Crippen LogP contribution in [0.5, 0.6) is 11.5 Å². The molecule has 2 fully saturated rings. The molecule has 0 spiro atoms. The summed E-state index contributed by atoms with van der Waals surface area (Å²) in [5.41, 5.74) is -0.106. The predicted octanol–water partition coefficient (Wildman–Crippen LogP) is 4.46. The van der Waals surface area contributed by atoms with Gasteiger partial charge in [-0.3, -0.25) is 0 Å². The zero-order valence-electron chi connectivity index (χ0n) is 19.4. The fraction of sp³-hybridized carbons (Fsp3) is 0.700. The Morgan fingerprint density at radius 2 is 1.07 bits per heavy atom. The molecule has 0 aromatic heterocycles. The number of rotatable bonds is 0. The largest absolute Gasteiger partial charge is 0.591 e. The van der Waals surface area contributed by atoms with Crippen LogP contribution in [-0.2, 0) is 18.6 Å². The molecule has 29 heavy (non-hydrogen) atoms. The molecule has 0 N–H and O–H groups in total. The van der Waals surface area contributed by atoms with Gasteiger partial charge in [0, 0.05) is 18.6 Å². The molecule has 3 heterocycles. The zero-order valence-corrected chi connectivity index (χ0v) is 19.4. The molecule has 0 radical (unpaired) electrons. The van der Waals surface area contributed by atoms with Crippen LogP contribution in [-0.4, -0.2) is 45.8 Å². The summed E-state index contributed by atoms with van der Waals surface area (Å²) in [6.45, 7) is 19.8. The molecule has 9 heteroatoms. The quantitative estimate of drug-likeness (QED) is 0.596. The third-order valence-electron chi connectivity index (χ3n) is 5.22. The highest BCUT2D eigenvalue weighted by atomic mass is 16.7. The van der Waals surface area contributed by atoms with E-state index in [0.717, 1.165) is 24.7 Å². The summed E-state index contributed by atoms with van der Waals surface area (Å²) in [6.07, 6.45) is 0. The van der Waals surface area contributed by atoms with Crippen molar-refractivity contribution in [2.24, 2.45) is 5.41 Å². The van der Waals surface area contributed by atoms with Gasteiger partial charge in [0.05, 0.1) is 11.2 Å². The van der Waals surface area contributed by atoms with Gasteiger partial charge in [-0.2, -0.15) is 0 Å². The Morgan fingerprint density at radius 1 is 0.655 bits per heavy atom. The highest BCUT2D eigenvalue weighted by Gasteiger charge is 2.48.